The molecular weight excluding hydrogens is 328 g/mol. The second kappa shape index (κ2) is 6.36. The molecule has 0 saturated heterocycles. The summed E-state index contributed by atoms with van der Waals surface area (Å²) in [5, 5.41) is 18.6. The van der Waals surface area contributed by atoms with E-state index in [1.807, 2.05) is 0 Å². The molecule has 1 fully saturated rings. The number of carbonyl (C=O) groups excluding carboxylic acids is 1. The zero-order valence-corrected chi connectivity index (χ0v) is 12.7. The second-order valence-electron chi connectivity index (χ2n) is 4.77. The van der Waals surface area contributed by atoms with Crippen molar-refractivity contribution in [1.29, 1.82) is 0 Å². The lowest BCUT2D eigenvalue weighted by molar-refractivity contribution is -0.121. The van der Waals surface area contributed by atoms with Gasteiger partial charge in [-0.25, -0.2) is 4.68 Å². The highest BCUT2D eigenvalue weighted by atomic mass is 79.9. The first-order chi connectivity index (χ1) is 9.52. The number of nitrogens with zero attached hydrogens (tertiary/aromatic N) is 2. The quantitative estimate of drug-likeness (QED) is 0.679. The Balaban J connectivity index is 2.06. The fourth-order valence-electron chi connectivity index (χ4n) is 1.67. The van der Waals surface area contributed by atoms with Gasteiger partial charge in [0.05, 0.1) is 25.0 Å². The number of aliphatic hydroxyl groups is 1. The largest absolute Gasteiger partial charge is 0.394 e. The van der Waals surface area contributed by atoms with E-state index >= 15 is 0 Å². The van der Waals surface area contributed by atoms with Gasteiger partial charge in [-0.3, -0.25) is 9.59 Å². The summed E-state index contributed by atoms with van der Waals surface area (Å²) < 4.78 is 1.46. The molecule has 110 valence electrons. The minimum Gasteiger partial charge on any atom is -0.394 e. The van der Waals surface area contributed by atoms with Crippen molar-refractivity contribution < 1.29 is 9.90 Å². The molecule has 1 aromatic rings. The highest BCUT2D eigenvalue weighted by molar-refractivity contribution is 9.10. The minimum absolute atomic E-state index is 0.0982. The summed E-state index contributed by atoms with van der Waals surface area (Å²) in [6.07, 6.45) is 3.52. The summed E-state index contributed by atoms with van der Waals surface area (Å²) >= 11 is 3.19. The van der Waals surface area contributed by atoms with Crippen molar-refractivity contribution in [2.24, 2.45) is 0 Å². The Morgan fingerprint density at radius 3 is 2.95 bits per heavy atom. The molecule has 7 nitrogen and oxygen atoms in total. The van der Waals surface area contributed by atoms with Crippen LogP contribution in [0.3, 0.4) is 0 Å². The molecular formula is C12H17BrN4O3. The number of halogens is 1. The maximum Gasteiger partial charge on any atom is 0.283 e. The Morgan fingerprint density at radius 1 is 1.65 bits per heavy atom. The van der Waals surface area contributed by atoms with Crippen LogP contribution in [0.2, 0.25) is 0 Å². The van der Waals surface area contributed by atoms with Crippen LogP contribution in [-0.2, 0) is 11.3 Å². The lowest BCUT2D eigenvalue weighted by Gasteiger charge is -2.16. The number of rotatable bonds is 6. The van der Waals surface area contributed by atoms with Crippen molar-refractivity contribution in [1.82, 2.24) is 15.1 Å². The molecule has 0 spiro atoms. The van der Waals surface area contributed by atoms with Gasteiger partial charge in [0, 0.05) is 6.04 Å². The van der Waals surface area contributed by atoms with Gasteiger partial charge in [0.25, 0.3) is 5.56 Å². The van der Waals surface area contributed by atoms with E-state index in [2.05, 4.69) is 31.7 Å². The summed E-state index contributed by atoms with van der Waals surface area (Å²) in [6.45, 7) is 1.70. The van der Waals surface area contributed by atoms with Gasteiger partial charge in [-0.05, 0) is 35.7 Å². The SMILES string of the molecule is CC(Nc1cnn(CCO)c(=O)c1Br)C(=O)NC1CC1. The first-order valence-corrected chi connectivity index (χ1v) is 7.25. The molecule has 0 bridgehead atoms. The van der Waals surface area contributed by atoms with Gasteiger partial charge >= 0.3 is 0 Å². The lowest BCUT2D eigenvalue weighted by Crippen LogP contribution is -2.39. The smallest absolute Gasteiger partial charge is 0.283 e. The predicted octanol–water partition coefficient (Wildman–Crippen LogP) is 0.0771. The first-order valence-electron chi connectivity index (χ1n) is 6.46. The Kier molecular flexibility index (Phi) is 4.77. The predicted molar refractivity (Wildman–Crippen MR) is 77.5 cm³/mol. The van der Waals surface area contributed by atoms with Crippen LogP contribution >= 0.6 is 15.9 Å². The summed E-state index contributed by atoms with van der Waals surface area (Å²) in [5.74, 6) is -0.0982. The number of amides is 1. The molecule has 1 aliphatic carbocycles. The number of carbonyl (C=O) groups is 1. The summed E-state index contributed by atoms with van der Waals surface area (Å²) in [6, 6.07) is -0.160. The molecule has 0 radical (unpaired) electrons. The van der Waals surface area contributed by atoms with Gasteiger partial charge in [-0.1, -0.05) is 0 Å². The van der Waals surface area contributed by atoms with Crippen LogP contribution in [0.4, 0.5) is 5.69 Å². The molecule has 1 aromatic heterocycles. The molecule has 1 amide bonds. The van der Waals surface area contributed by atoms with Crippen LogP contribution in [0.25, 0.3) is 0 Å². The third-order valence-electron chi connectivity index (χ3n) is 2.99. The van der Waals surface area contributed by atoms with Crippen molar-refractivity contribution in [3.05, 3.63) is 21.0 Å². The van der Waals surface area contributed by atoms with E-state index in [1.54, 1.807) is 6.92 Å². The Bertz CT molecular complexity index is 556. The Morgan fingerprint density at radius 2 is 2.35 bits per heavy atom. The molecule has 1 heterocycles. The fourth-order valence-corrected chi connectivity index (χ4v) is 2.09. The number of nitrogens with one attached hydrogen (secondary N) is 2. The van der Waals surface area contributed by atoms with Crippen molar-refractivity contribution in [3.63, 3.8) is 0 Å². The molecule has 2 rings (SSSR count). The first kappa shape index (κ1) is 15.0. The van der Waals surface area contributed by atoms with E-state index in [4.69, 9.17) is 5.11 Å². The lowest BCUT2D eigenvalue weighted by atomic mass is 10.3. The molecule has 3 N–H and O–H groups in total. The molecule has 1 aliphatic rings. The summed E-state index contributed by atoms with van der Waals surface area (Å²) in [4.78, 5) is 23.8. The standard InChI is InChI=1S/C12H17BrN4O3/c1-7(11(19)16-8-2-3-8)15-9-6-14-17(4-5-18)12(20)10(9)13/h6-8,15,18H,2-5H2,1H3,(H,16,19). The maximum absolute atomic E-state index is 11.9. The zero-order valence-electron chi connectivity index (χ0n) is 11.1. The molecule has 0 aromatic carbocycles. The average Bonchev–Trinajstić information content (AvgIpc) is 3.22. The average molecular weight is 345 g/mol. The highest BCUT2D eigenvalue weighted by Gasteiger charge is 2.26. The number of anilines is 1. The number of hydrogen-bond acceptors (Lipinski definition) is 5. The van der Waals surface area contributed by atoms with E-state index in [-0.39, 0.29) is 24.6 Å². The number of aromatic nitrogens is 2. The van der Waals surface area contributed by atoms with Gasteiger partial charge in [0.1, 0.15) is 10.5 Å². The number of aliphatic hydroxyl groups excluding tert-OH is 1. The monoisotopic (exact) mass is 344 g/mol. The topological polar surface area (TPSA) is 96.2 Å². The van der Waals surface area contributed by atoms with Gasteiger partial charge in [0.15, 0.2) is 0 Å². The van der Waals surface area contributed by atoms with Gasteiger partial charge in [0.2, 0.25) is 5.91 Å². The van der Waals surface area contributed by atoms with Crippen LogP contribution in [0.5, 0.6) is 0 Å². The minimum atomic E-state index is -0.457. The normalized spacial score (nSPS) is 15.8. The van der Waals surface area contributed by atoms with E-state index in [9.17, 15) is 9.59 Å². The Hall–Kier alpha value is -1.41. The third kappa shape index (κ3) is 3.57. The van der Waals surface area contributed by atoms with E-state index in [0.29, 0.717) is 16.2 Å². The molecule has 8 heteroatoms. The highest BCUT2D eigenvalue weighted by Crippen LogP contribution is 2.20. The van der Waals surface area contributed by atoms with Crippen molar-refractivity contribution >= 4 is 27.5 Å². The van der Waals surface area contributed by atoms with E-state index < -0.39 is 6.04 Å². The van der Waals surface area contributed by atoms with Gasteiger partial charge < -0.3 is 15.7 Å². The third-order valence-corrected chi connectivity index (χ3v) is 3.75. The van der Waals surface area contributed by atoms with Crippen LogP contribution < -0.4 is 16.2 Å². The second-order valence-corrected chi connectivity index (χ2v) is 5.57. The van der Waals surface area contributed by atoms with E-state index in [0.717, 1.165) is 17.5 Å². The van der Waals surface area contributed by atoms with Crippen LogP contribution in [0.15, 0.2) is 15.5 Å². The molecule has 20 heavy (non-hydrogen) atoms. The maximum atomic E-state index is 11.9. The van der Waals surface area contributed by atoms with Crippen LogP contribution in [0, 0.1) is 0 Å². The molecule has 0 aliphatic heterocycles. The van der Waals surface area contributed by atoms with Gasteiger partial charge in [-0.2, -0.15) is 5.10 Å². The van der Waals surface area contributed by atoms with Crippen molar-refractivity contribution in [3.8, 4) is 0 Å². The van der Waals surface area contributed by atoms with Crippen LogP contribution in [-0.4, -0.2) is 39.5 Å². The number of hydrogen-bond donors (Lipinski definition) is 3. The molecule has 1 saturated carbocycles. The summed E-state index contributed by atoms with van der Waals surface area (Å²) in [7, 11) is 0. The van der Waals surface area contributed by atoms with E-state index in [1.165, 1.54) is 6.20 Å². The van der Waals surface area contributed by atoms with Gasteiger partial charge in [-0.15, -0.1) is 0 Å². The van der Waals surface area contributed by atoms with Crippen LogP contribution in [0.1, 0.15) is 19.8 Å². The molecule has 1 unspecified atom stereocenters. The van der Waals surface area contributed by atoms with Crippen molar-refractivity contribution in [2.45, 2.75) is 38.4 Å². The zero-order chi connectivity index (χ0) is 14.7. The fraction of sp³-hybridized carbons (Fsp3) is 0.583. The Labute approximate surface area is 124 Å². The summed E-state index contributed by atoms with van der Waals surface area (Å²) in [5.41, 5.74) is 0.112. The van der Waals surface area contributed by atoms with Crippen molar-refractivity contribution in [2.75, 3.05) is 11.9 Å². The molecule has 1 atom stereocenters.